The molecule has 1 aliphatic heterocycles. The summed E-state index contributed by atoms with van der Waals surface area (Å²) < 4.78 is 0. The fourth-order valence-electron chi connectivity index (χ4n) is 2.31. The Bertz CT molecular complexity index is 635. The molecular weight excluding hydrogens is 296 g/mol. The number of carbonyl (C=O) groups excluding carboxylic acids is 2. The number of carbonyl (C=O) groups is 2. The molecule has 0 radical (unpaired) electrons. The maximum Gasteiger partial charge on any atom is 0.274 e. The van der Waals surface area contributed by atoms with Gasteiger partial charge in [0, 0.05) is 5.56 Å². The monoisotopic (exact) mass is 316 g/mol. The number of nitrogens with zero attached hydrogens (tertiary/aromatic N) is 2. The number of hydroxylamine groups is 1. The minimum Gasteiger partial charge on any atom is -0.344 e. The molecule has 0 spiro atoms. The second kappa shape index (κ2) is 7.64. The maximum atomic E-state index is 12.3. The lowest BCUT2D eigenvalue weighted by atomic mass is 9.95. The van der Waals surface area contributed by atoms with Gasteiger partial charge in [-0.25, -0.2) is 5.48 Å². The lowest BCUT2D eigenvalue weighted by molar-refractivity contribution is -0.115. The van der Waals surface area contributed by atoms with Crippen LogP contribution in [0.25, 0.3) is 0 Å². The van der Waals surface area contributed by atoms with Crippen molar-refractivity contribution < 1.29 is 14.8 Å². The van der Waals surface area contributed by atoms with E-state index in [2.05, 4.69) is 15.3 Å². The predicted octanol–water partition coefficient (Wildman–Crippen LogP) is 1.14. The first-order valence-electron chi connectivity index (χ1n) is 7.42. The van der Waals surface area contributed by atoms with Gasteiger partial charge < -0.3 is 5.32 Å². The van der Waals surface area contributed by atoms with Crippen LogP contribution in [0, 0.1) is 5.92 Å². The first kappa shape index (κ1) is 16.8. The summed E-state index contributed by atoms with van der Waals surface area (Å²) in [7, 11) is 0. The molecule has 1 aromatic carbocycles. The van der Waals surface area contributed by atoms with E-state index in [-0.39, 0.29) is 17.9 Å². The Kier molecular flexibility index (Phi) is 5.59. The second-order valence-corrected chi connectivity index (χ2v) is 5.56. The fourth-order valence-corrected chi connectivity index (χ4v) is 2.31. The van der Waals surface area contributed by atoms with Crippen LogP contribution in [0.1, 0.15) is 35.8 Å². The van der Waals surface area contributed by atoms with Gasteiger partial charge in [-0.1, -0.05) is 26.0 Å². The zero-order valence-electron chi connectivity index (χ0n) is 13.1. The Morgan fingerprint density at radius 1 is 1.13 bits per heavy atom. The molecule has 23 heavy (non-hydrogen) atoms. The fraction of sp³-hybridized carbons (Fsp3) is 0.375. The highest BCUT2D eigenvalue weighted by atomic mass is 16.5. The predicted molar refractivity (Wildman–Crippen MR) is 87.1 cm³/mol. The molecule has 1 unspecified atom stereocenters. The van der Waals surface area contributed by atoms with Gasteiger partial charge >= 0.3 is 0 Å². The molecule has 0 bridgehead atoms. The van der Waals surface area contributed by atoms with Crippen LogP contribution < -0.4 is 10.8 Å². The summed E-state index contributed by atoms with van der Waals surface area (Å²) in [5.74, 6) is -0.684. The molecule has 2 rings (SSSR count). The van der Waals surface area contributed by atoms with Crippen molar-refractivity contribution in [2.45, 2.75) is 19.9 Å². The van der Waals surface area contributed by atoms with E-state index in [1.807, 2.05) is 13.8 Å². The summed E-state index contributed by atoms with van der Waals surface area (Å²) >= 11 is 0. The molecule has 0 aromatic heterocycles. The van der Waals surface area contributed by atoms with Crippen LogP contribution in [0.4, 0.5) is 0 Å². The van der Waals surface area contributed by atoms with E-state index in [1.165, 1.54) is 6.21 Å². The molecule has 0 saturated carbocycles. The highest BCUT2D eigenvalue weighted by Gasteiger charge is 2.21. The summed E-state index contributed by atoms with van der Waals surface area (Å²) in [6, 6.07) is 6.49. The third-order valence-corrected chi connectivity index (χ3v) is 3.54. The summed E-state index contributed by atoms with van der Waals surface area (Å²) in [5, 5.41) is 11.6. The lowest BCUT2D eigenvalue weighted by Gasteiger charge is -2.23. The third kappa shape index (κ3) is 4.23. The summed E-state index contributed by atoms with van der Waals surface area (Å²) in [6.45, 7) is 5.13. The van der Waals surface area contributed by atoms with Crippen LogP contribution in [0.2, 0.25) is 0 Å². The molecule has 1 atom stereocenters. The zero-order valence-corrected chi connectivity index (χ0v) is 13.1. The average molecular weight is 316 g/mol. The van der Waals surface area contributed by atoms with E-state index in [4.69, 9.17) is 5.21 Å². The molecule has 1 heterocycles. The Labute approximate surface area is 134 Å². The van der Waals surface area contributed by atoms with E-state index in [1.54, 1.807) is 29.7 Å². The van der Waals surface area contributed by atoms with Gasteiger partial charge in [-0.05, 0) is 23.6 Å². The summed E-state index contributed by atoms with van der Waals surface area (Å²) in [6.07, 6.45) is 1.49. The van der Waals surface area contributed by atoms with Gasteiger partial charge in [0.05, 0.1) is 25.3 Å². The van der Waals surface area contributed by atoms with Gasteiger partial charge in [0.25, 0.3) is 11.8 Å². The second-order valence-electron chi connectivity index (χ2n) is 5.56. The topological polar surface area (TPSA) is 103 Å². The van der Waals surface area contributed by atoms with Crippen molar-refractivity contribution in [3.63, 3.8) is 0 Å². The van der Waals surface area contributed by atoms with Gasteiger partial charge in [0.1, 0.15) is 5.71 Å². The van der Waals surface area contributed by atoms with Crippen molar-refractivity contribution in [2.24, 2.45) is 15.9 Å². The number of benzene rings is 1. The van der Waals surface area contributed by atoms with Gasteiger partial charge in [-0.3, -0.25) is 24.8 Å². The minimum absolute atomic E-state index is 0.151. The van der Waals surface area contributed by atoms with Crippen LogP contribution >= 0.6 is 0 Å². The largest absolute Gasteiger partial charge is 0.344 e. The van der Waals surface area contributed by atoms with E-state index < -0.39 is 5.91 Å². The van der Waals surface area contributed by atoms with Crippen LogP contribution in [0.3, 0.4) is 0 Å². The Balaban J connectivity index is 2.15. The van der Waals surface area contributed by atoms with Gasteiger partial charge in [-0.2, -0.15) is 0 Å². The van der Waals surface area contributed by atoms with E-state index >= 15 is 0 Å². The first-order chi connectivity index (χ1) is 11.0. The molecule has 122 valence electrons. The third-order valence-electron chi connectivity index (χ3n) is 3.54. The van der Waals surface area contributed by atoms with E-state index in [0.717, 1.165) is 5.56 Å². The van der Waals surface area contributed by atoms with Gasteiger partial charge in [0.2, 0.25) is 0 Å². The summed E-state index contributed by atoms with van der Waals surface area (Å²) in [5.41, 5.74) is 3.13. The molecule has 0 saturated heterocycles. The van der Waals surface area contributed by atoms with Crippen LogP contribution in [0.15, 0.2) is 34.3 Å². The maximum absolute atomic E-state index is 12.3. The van der Waals surface area contributed by atoms with Crippen molar-refractivity contribution in [3.8, 4) is 0 Å². The molecule has 0 fully saturated rings. The van der Waals surface area contributed by atoms with Crippen molar-refractivity contribution in [1.29, 1.82) is 0 Å². The standard InChI is InChI=1S/C16H20N4O3/c1-10(2)14(19-16(22)13-9-17-7-8-18-13)11-3-5-12(6-4-11)15(21)20-23/h3-6,9-10,14,23H,7-8H2,1-2H3,(H,19,22)(H,20,21). The molecule has 2 amide bonds. The number of nitrogens with one attached hydrogen (secondary N) is 2. The minimum atomic E-state index is -0.575. The van der Waals surface area contributed by atoms with Crippen LogP contribution in [-0.2, 0) is 4.79 Å². The normalized spacial score (nSPS) is 15.0. The Hall–Kier alpha value is -2.54. The molecular formula is C16H20N4O3. The molecule has 7 nitrogen and oxygen atoms in total. The zero-order chi connectivity index (χ0) is 16.8. The quantitative estimate of drug-likeness (QED) is 0.560. The Morgan fingerprint density at radius 2 is 1.83 bits per heavy atom. The average Bonchev–Trinajstić information content (AvgIpc) is 2.59. The molecule has 1 aromatic rings. The highest BCUT2D eigenvalue weighted by Crippen LogP contribution is 2.22. The van der Waals surface area contributed by atoms with Crippen molar-refractivity contribution in [2.75, 3.05) is 13.1 Å². The van der Waals surface area contributed by atoms with Crippen LogP contribution in [-0.4, -0.2) is 42.0 Å². The molecule has 0 aliphatic carbocycles. The van der Waals surface area contributed by atoms with E-state index in [9.17, 15) is 9.59 Å². The summed E-state index contributed by atoms with van der Waals surface area (Å²) in [4.78, 5) is 31.8. The van der Waals surface area contributed by atoms with Crippen LogP contribution in [0.5, 0.6) is 0 Å². The number of hydrogen-bond donors (Lipinski definition) is 3. The number of amides is 2. The molecule has 7 heteroatoms. The molecule has 3 N–H and O–H groups in total. The smallest absolute Gasteiger partial charge is 0.274 e. The first-order valence-corrected chi connectivity index (χ1v) is 7.42. The number of aliphatic imine (C=N–C) groups is 2. The molecule has 1 aliphatic rings. The van der Waals surface area contributed by atoms with Gasteiger partial charge in [0.15, 0.2) is 0 Å². The van der Waals surface area contributed by atoms with Crippen molar-refractivity contribution in [1.82, 2.24) is 10.8 Å². The highest BCUT2D eigenvalue weighted by molar-refractivity contribution is 6.60. The Morgan fingerprint density at radius 3 is 2.35 bits per heavy atom. The number of rotatable bonds is 5. The SMILES string of the molecule is CC(C)C(NC(=O)C1=NCCN=C1)c1ccc(C(=O)NO)cc1. The van der Waals surface area contributed by atoms with Crippen molar-refractivity contribution in [3.05, 3.63) is 35.4 Å². The van der Waals surface area contributed by atoms with Gasteiger partial charge in [-0.15, -0.1) is 0 Å². The number of hydrogen-bond acceptors (Lipinski definition) is 5. The van der Waals surface area contributed by atoms with E-state index in [0.29, 0.717) is 24.4 Å². The lowest BCUT2D eigenvalue weighted by Crippen LogP contribution is -2.38. The van der Waals surface area contributed by atoms with Crippen molar-refractivity contribution >= 4 is 23.7 Å².